The molecule has 2 aromatic carbocycles. The number of fused-ring (bicyclic) bond motifs is 1. The standard InChI is InChI=1S/C20H21NO2/c1-3-21(12-11-16-7-5-4-6-8-16)17-9-10-18-15(2)13-20(22)23-19(18)14-17/h4-10,13-14H,3,11-12H2,1-2H3. The molecule has 1 aromatic heterocycles. The van der Waals surface area contributed by atoms with Crippen LogP contribution in [0, 0.1) is 6.92 Å². The van der Waals surface area contributed by atoms with Gasteiger partial charge in [-0.15, -0.1) is 0 Å². The van der Waals surface area contributed by atoms with Gasteiger partial charge in [0.1, 0.15) is 5.58 Å². The molecule has 0 N–H and O–H groups in total. The minimum atomic E-state index is -0.292. The first kappa shape index (κ1) is 15.3. The van der Waals surface area contributed by atoms with Crippen molar-refractivity contribution in [3.05, 3.63) is 76.1 Å². The predicted molar refractivity (Wildman–Crippen MR) is 95.3 cm³/mol. The van der Waals surface area contributed by atoms with Crippen molar-refractivity contribution in [2.24, 2.45) is 0 Å². The first-order valence-corrected chi connectivity index (χ1v) is 8.01. The van der Waals surface area contributed by atoms with Crippen LogP contribution in [0.15, 0.2) is 63.8 Å². The third-order valence-corrected chi connectivity index (χ3v) is 4.20. The Bertz CT molecular complexity index is 852. The van der Waals surface area contributed by atoms with E-state index in [0.29, 0.717) is 5.58 Å². The van der Waals surface area contributed by atoms with Gasteiger partial charge in [-0.05, 0) is 43.5 Å². The van der Waals surface area contributed by atoms with Gasteiger partial charge in [0.25, 0.3) is 0 Å². The summed E-state index contributed by atoms with van der Waals surface area (Å²) < 4.78 is 5.36. The molecular weight excluding hydrogens is 286 g/mol. The van der Waals surface area contributed by atoms with Gasteiger partial charge in [-0.25, -0.2) is 4.79 Å². The maximum atomic E-state index is 11.6. The summed E-state index contributed by atoms with van der Waals surface area (Å²) in [5.41, 5.74) is 3.74. The third-order valence-electron chi connectivity index (χ3n) is 4.20. The second kappa shape index (κ2) is 6.69. The van der Waals surface area contributed by atoms with Crippen molar-refractivity contribution in [3.8, 4) is 0 Å². The molecule has 0 amide bonds. The topological polar surface area (TPSA) is 33.5 Å². The van der Waals surface area contributed by atoms with Gasteiger partial charge < -0.3 is 9.32 Å². The molecule has 0 spiro atoms. The molecule has 0 bridgehead atoms. The summed E-state index contributed by atoms with van der Waals surface area (Å²) in [6.45, 7) is 5.92. The minimum absolute atomic E-state index is 0.292. The molecule has 0 unspecified atom stereocenters. The summed E-state index contributed by atoms with van der Waals surface area (Å²) in [6, 6.07) is 18.1. The molecule has 3 aromatic rings. The molecule has 3 heteroatoms. The van der Waals surface area contributed by atoms with Crippen LogP contribution in [0.4, 0.5) is 5.69 Å². The Morgan fingerprint density at radius 2 is 1.83 bits per heavy atom. The lowest BCUT2D eigenvalue weighted by Gasteiger charge is -2.23. The molecule has 0 saturated carbocycles. The van der Waals surface area contributed by atoms with Gasteiger partial charge >= 0.3 is 5.63 Å². The van der Waals surface area contributed by atoms with Crippen molar-refractivity contribution in [1.29, 1.82) is 0 Å². The van der Waals surface area contributed by atoms with Crippen LogP contribution in [0.2, 0.25) is 0 Å². The molecule has 118 valence electrons. The largest absolute Gasteiger partial charge is 0.423 e. The smallest absolute Gasteiger partial charge is 0.336 e. The fourth-order valence-corrected chi connectivity index (χ4v) is 2.89. The van der Waals surface area contributed by atoms with E-state index in [1.807, 2.05) is 25.1 Å². The average Bonchev–Trinajstić information content (AvgIpc) is 2.56. The van der Waals surface area contributed by atoms with Gasteiger partial charge in [0.15, 0.2) is 0 Å². The number of rotatable bonds is 5. The van der Waals surface area contributed by atoms with Crippen LogP contribution < -0.4 is 10.5 Å². The number of benzene rings is 2. The zero-order valence-electron chi connectivity index (χ0n) is 13.6. The quantitative estimate of drug-likeness (QED) is 0.663. The summed E-state index contributed by atoms with van der Waals surface area (Å²) in [5, 5.41) is 0.993. The summed E-state index contributed by atoms with van der Waals surface area (Å²) in [6.07, 6.45) is 0.991. The van der Waals surface area contributed by atoms with Gasteiger partial charge in [-0.2, -0.15) is 0 Å². The highest BCUT2D eigenvalue weighted by molar-refractivity contribution is 5.83. The van der Waals surface area contributed by atoms with Gasteiger partial charge in [0.05, 0.1) is 0 Å². The van der Waals surface area contributed by atoms with E-state index in [4.69, 9.17) is 4.42 Å². The summed E-state index contributed by atoms with van der Waals surface area (Å²) in [4.78, 5) is 13.9. The van der Waals surface area contributed by atoms with Crippen LogP contribution in [0.25, 0.3) is 11.0 Å². The number of aryl methyl sites for hydroxylation is 1. The molecule has 3 nitrogen and oxygen atoms in total. The Balaban J connectivity index is 1.86. The highest BCUT2D eigenvalue weighted by Crippen LogP contribution is 2.23. The normalized spacial score (nSPS) is 10.9. The molecule has 0 saturated heterocycles. The van der Waals surface area contributed by atoms with Crippen molar-refractivity contribution in [1.82, 2.24) is 0 Å². The summed E-state index contributed by atoms with van der Waals surface area (Å²) in [5.74, 6) is 0. The highest BCUT2D eigenvalue weighted by atomic mass is 16.4. The van der Waals surface area contributed by atoms with E-state index in [-0.39, 0.29) is 5.63 Å². The zero-order valence-corrected chi connectivity index (χ0v) is 13.6. The van der Waals surface area contributed by atoms with E-state index < -0.39 is 0 Å². The Labute approximate surface area is 136 Å². The summed E-state index contributed by atoms with van der Waals surface area (Å²) >= 11 is 0. The molecule has 1 heterocycles. The number of hydrogen-bond donors (Lipinski definition) is 0. The van der Waals surface area contributed by atoms with E-state index in [1.165, 1.54) is 11.6 Å². The third kappa shape index (κ3) is 3.45. The Kier molecular flexibility index (Phi) is 4.47. The number of anilines is 1. The lowest BCUT2D eigenvalue weighted by molar-refractivity contribution is 0.559. The van der Waals surface area contributed by atoms with E-state index in [0.717, 1.165) is 36.1 Å². The molecule has 3 rings (SSSR count). The van der Waals surface area contributed by atoms with Crippen LogP contribution in [-0.4, -0.2) is 13.1 Å². The first-order valence-electron chi connectivity index (χ1n) is 8.01. The Morgan fingerprint density at radius 3 is 2.57 bits per heavy atom. The van der Waals surface area contributed by atoms with Crippen LogP contribution in [0.1, 0.15) is 18.1 Å². The maximum Gasteiger partial charge on any atom is 0.336 e. The van der Waals surface area contributed by atoms with Crippen molar-refractivity contribution in [2.45, 2.75) is 20.3 Å². The zero-order chi connectivity index (χ0) is 16.2. The molecule has 0 fully saturated rings. The van der Waals surface area contributed by atoms with E-state index in [1.54, 1.807) is 0 Å². The van der Waals surface area contributed by atoms with Crippen LogP contribution >= 0.6 is 0 Å². The predicted octanol–water partition coefficient (Wildman–Crippen LogP) is 4.17. The second-order valence-electron chi connectivity index (χ2n) is 5.74. The van der Waals surface area contributed by atoms with E-state index in [9.17, 15) is 4.79 Å². The van der Waals surface area contributed by atoms with Crippen LogP contribution in [-0.2, 0) is 6.42 Å². The monoisotopic (exact) mass is 307 g/mol. The first-order chi connectivity index (χ1) is 11.2. The van der Waals surface area contributed by atoms with Gasteiger partial charge in [0, 0.05) is 36.3 Å². The van der Waals surface area contributed by atoms with E-state index >= 15 is 0 Å². The molecular formula is C20H21NO2. The Hall–Kier alpha value is -2.55. The lowest BCUT2D eigenvalue weighted by atomic mass is 10.1. The number of nitrogens with zero attached hydrogens (tertiary/aromatic N) is 1. The number of hydrogen-bond acceptors (Lipinski definition) is 3. The summed E-state index contributed by atoms with van der Waals surface area (Å²) in [7, 11) is 0. The number of likely N-dealkylation sites (N-methyl/N-ethyl adjacent to an activating group) is 1. The van der Waals surface area contributed by atoms with Crippen molar-refractivity contribution in [3.63, 3.8) is 0 Å². The van der Waals surface area contributed by atoms with E-state index in [2.05, 4.69) is 42.2 Å². The molecule has 0 aliphatic heterocycles. The highest BCUT2D eigenvalue weighted by Gasteiger charge is 2.08. The Morgan fingerprint density at radius 1 is 1.04 bits per heavy atom. The average molecular weight is 307 g/mol. The van der Waals surface area contributed by atoms with Crippen LogP contribution in [0.3, 0.4) is 0 Å². The van der Waals surface area contributed by atoms with Crippen molar-refractivity contribution in [2.75, 3.05) is 18.0 Å². The lowest BCUT2D eigenvalue weighted by Crippen LogP contribution is -2.25. The fraction of sp³-hybridized carbons (Fsp3) is 0.250. The maximum absolute atomic E-state index is 11.6. The van der Waals surface area contributed by atoms with Gasteiger partial charge in [-0.1, -0.05) is 30.3 Å². The van der Waals surface area contributed by atoms with Crippen molar-refractivity contribution >= 4 is 16.7 Å². The second-order valence-corrected chi connectivity index (χ2v) is 5.74. The minimum Gasteiger partial charge on any atom is -0.423 e. The van der Waals surface area contributed by atoms with Gasteiger partial charge in [0.2, 0.25) is 0 Å². The molecule has 0 atom stereocenters. The molecule has 0 radical (unpaired) electrons. The van der Waals surface area contributed by atoms with Crippen LogP contribution in [0.5, 0.6) is 0 Å². The molecule has 23 heavy (non-hydrogen) atoms. The molecule has 0 aliphatic rings. The SMILES string of the molecule is CCN(CCc1ccccc1)c1ccc2c(C)cc(=O)oc2c1. The molecule has 0 aliphatic carbocycles. The van der Waals surface area contributed by atoms with Crippen molar-refractivity contribution < 1.29 is 4.42 Å². The fourth-order valence-electron chi connectivity index (χ4n) is 2.89. The van der Waals surface area contributed by atoms with Gasteiger partial charge in [-0.3, -0.25) is 0 Å².